The normalized spacial score (nSPS) is 14.9. The van der Waals surface area contributed by atoms with E-state index < -0.39 is 5.97 Å². The van der Waals surface area contributed by atoms with Crippen molar-refractivity contribution in [3.63, 3.8) is 0 Å². The third-order valence-electron chi connectivity index (χ3n) is 4.25. The van der Waals surface area contributed by atoms with Crippen LogP contribution in [0.3, 0.4) is 0 Å². The smallest absolute Gasteiger partial charge is 0.311 e. The first-order valence-corrected chi connectivity index (χ1v) is 14.9. The zero-order chi connectivity index (χ0) is 22.1. The van der Waals surface area contributed by atoms with Crippen LogP contribution in [0.25, 0.3) is 0 Å². The number of carboxylic acid groups (broad SMARTS) is 1. The number of esters is 1. The van der Waals surface area contributed by atoms with Gasteiger partial charge in [-0.2, -0.15) is 0 Å². The lowest BCUT2D eigenvalue weighted by Crippen LogP contribution is -2.18. The number of fused-ring (bicyclic) bond motifs is 1. The molecule has 30 heavy (non-hydrogen) atoms. The first-order valence-electron chi connectivity index (χ1n) is 8.59. The highest BCUT2D eigenvalue weighted by molar-refractivity contribution is 15.0. The van der Waals surface area contributed by atoms with Crippen LogP contribution in [0.15, 0.2) is 36.4 Å². The molecule has 1 aliphatic heterocycles. The Morgan fingerprint density at radius 1 is 1.13 bits per heavy atom. The first-order chi connectivity index (χ1) is 13.7. The van der Waals surface area contributed by atoms with E-state index in [0.29, 0.717) is 17.7 Å². The number of phenolic OH excluding ortho intramolecular Hbond substituents is 3. The van der Waals surface area contributed by atoms with Gasteiger partial charge in [-0.05, 0) is 35.1 Å². The molecule has 0 spiro atoms. The van der Waals surface area contributed by atoms with Crippen molar-refractivity contribution >= 4 is 57.6 Å². The van der Waals surface area contributed by atoms with Gasteiger partial charge in [0, 0.05) is 57.8 Å². The number of rotatable bonds is 3. The Balaban J connectivity index is 0.000000503. The van der Waals surface area contributed by atoms with E-state index >= 15 is 0 Å². The van der Waals surface area contributed by atoms with Gasteiger partial charge in [-0.1, -0.05) is 26.0 Å². The number of carbonyl (C=O) groups excluding carboxylic acids is 1. The molecule has 0 aliphatic carbocycles. The van der Waals surface area contributed by atoms with Crippen LogP contribution in [0.1, 0.15) is 49.7 Å². The number of carboxylic acids is 1. The summed E-state index contributed by atoms with van der Waals surface area (Å²) in [5.41, 5.74) is 1.52. The first kappa shape index (κ1) is 28.3. The van der Waals surface area contributed by atoms with Crippen molar-refractivity contribution in [3.8, 4) is 23.0 Å². The van der Waals surface area contributed by atoms with Crippen molar-refractivity contribution in [3.05, 3.63) is 47.5 Å². The summed E-state index contributed by atoms with van der Waals surface area (Å²) in [7, 11) is 0. The summed E-state index contributed by atoms with van der Waals surface area (Å²) in [6, 6.07) is 9.03. The number of aliphatic carboxylic acids is 1. The van der Waals surface area contributed by atoms with Crippen LogP contribution in [0.5, 0.6) is 23.0 Å². The standard InChI is InChI=1S/C10H12O4.C10H10O3.B.I2/c1-6(4-10(13)14)8-3-2-7(11)5-9(8)12;1-6-4-10(12)13-9-5-7(11)2-3-8(6)9;;1-2/h2-3,5-6,11-12H,4H2,1H3,(H,13,14);2-3,5-6,11H,4H2,1H3;;. The largest absolute Gasteiger partial charge is 0.508 e. The molecule has 2 atom stereocenters. The van der Waals surface area contributed by atoms with E-state index in [9.17, 15) is 14.7 Å². The van der Waals surface area contributed by atoms with Crippen LogP contribution in [0.2, 0.25) is 0 Å². The molecule has 7 nitrogen and oxygen atoms in total. The van der Waals surface area contributed by atoms with Gasteiger partial charge in [0.1, 0.15) is 23.0 Å². The van der Waals surface area contributed by atoms with Gasteiger partial charge in [0.2, 0.25) is 0 Å². The summed E-state index contributed by atoms with van der Waals surface area (Å²) in [6.45, 7) is 3.68. The molecule has 161 valence electrons. The topological polar surface area (TPSA) is 124 Å². The van der Waals surface area contributed by atoms with Gasteiger partial charge in [0.05, 0.1) is 12.8 Å². The molecule has 3 radical (unpaired) electrons. The van der Waals surface area contributed by atoms with E-state index in [1.54, 1.807) is 19.1 Å². The lowest BCUT2D eigenvalue weighted by Gasteiger charge is -2.20. The van der Waals surface area contributed by atoms with Crippen molar-refractivity contribution in [2.24, 2.45) is 0 Å². The second-order valence-corrected chi connectivity index (χ2v) is 6.54. The summed E-state index contributed by atoms with van der Waals surface area (Å²) in [4.78, 5) is 21.5. The second-order valence-electron chi connectivity index (χ2n) is 6.54. The molecule has 2 unspecified atom stereocenters. The van der Waals surface area contributed by atoms with Gasteiger partial charge in [-0.25, -0.2) is 0 Å². The van der Waals surface area contributed by atoms with Gasteiger partial charge >= 0.3 is 11.9 Å². The van der Waals surface area contributed by atoms with Gasteiger partial charge in [-0.3, -0.25) is 9.59 Å². The Morgan fingerprint density at radius 2 is 1.70 bits per heavy atom. The maximum atomic E-state index is 11.0. The predicted octanol–water partition coefficient (Wildman–Crippen LogP) is 4.87. The molecule has 2 aromatic carbocycles. The van der Waals surface area contributed by atoms with E-state index in [0.717, 1.165) is 5.56 Å². The van der Waals surface area contributed by atoms with Crippen LogP contribution in [0, 0.1) is 0 Å². The van der Waals surface area contributed by atoms with Gasteiger partial charge in [0.25, 0.3) is 0 Å². The SMILES string of the molecule is CC(CC(=O)O)c1ccc(O)cc1O.CC1CC(=O)Oc2cc(O)ccc21.II.[B]. The Morgan fingerprint density at radius 3 is 2.27 bits per heavy atom. The van der Waals surface area contributed by atoms with Crippen molar-refractivity contribution in [1.82, 2.24) is 0 Å². The number of ether oxygens (including phenoxy) is 1. The fourth-order valence-electron chi connectivity index (χ4n) is 2.86. The molecule has 0 amide bonds. The average Bonchev–Trinajstić information content (AvgIpc) is 2.62. The lowest BCUT2D eigenvalue weighted by atomic mass is 9.95. The Labute approximate surface area is 200 Å². The Kier molecular flexibility index (Phi) is 12.8. The van der Waals surface area contributed by atoms with Gasteiger partial charge < -0.3 is 25.2 Å². The molecule has 0 fully saturated rings. The lowest BCUT2D eigenvalue weighted by molar-refractivity contribution is -0.137. The molecule has 1 aliphatic rings. The highest BCUT2D eigenvalue weighted by Gasteiger charge is 2.23. The number of phenols is 3. The maximum absolute atomic E-state index is 11.0. The number of hydrogen-bond acceptors (Lipinski definition) is 6. The zero-order valence-corrected chi connectivity index (χ0v) is 20.7. The van der Waals surface area contributed by atoms with Crippen molar-refractivity contribution in [2.45, 2.75) is 38.5 Å². The molecule has 10 heteroatoms. The molecule has 0 saturated carbocycles. The molecule has 0 bridgehead atoms. The van der Waals surface area contributed by atoms with Crippen LogP contribution < -0.4 is 4.74 Å². The second kappa shape index (κ2) is 13.6. The molecule has 2 aromatic rings. The minimum absolute atomic E-state index is 0. The third kappa shape index (κ3) is 8.58. The highest BCUT2D eigenvalue weighted by Crippen LogP contribution is 2.35. The fraction of sp³-hybridized carbons (Fsp3) is 0.300. The molecular weight excluding hydrogens is 617 g/mol. The van der Waals surface area contributed by atoms with E-state index in [-0.39, 0.29) is 49.9 Å². The Hall–Kier alpha value is -1.70. The quantitative estimate of drug-likeness (QED) is 0.164. The van der Waals surface area contributed by atoms with E-state index in [4.69, 9.17) is 20.1 Å². The number of benzene rings is 2. The molecule has 0 aromatic heterocycles. The van der Waals surface area contributed by atoms with Crippen LogP contribution in [-0.2, 0) is 9.59 Å². The predicted molar refractivity (Wildman–Crippen MR) is 131 cm³/mol. The van der Waals surface area contributed by atoms with Gasteiger partial charge in [0.15, 0.2) is 0 Å². The van der Waals surface area contributed by atoms with Crippen molar-refractivity contribution in [1.29, 1.82) is 0 Å². The highest BCUT2D eigenvalue weighted by atomic mass is 128. The van der Waals surface area contributed by atoms with Crippen molar-refractivity contribution in [2.75, 3.05) is 0 Å². The Bertz CT molecular complexity index is 861. The van der Waals surface area contributed by atoms with E-state index in [1.807, 2.05) is 6.92 Å². The number of halogens is 2. The van der Waals surface area contributed by atoms with E-state index in [1.165, 1.54) is 24.3 Å². The molecular formula is C20H22BI2O7. The number of aromatic hydroxyl groups is 3. The maximum Gasteiger partial charge on any atom is 0.311 e. The minimum atomic E-state index is -0.912. The average molecular weight is 639 g/mol. The summed E-state index contributed by atoms with van der Waals surface area (Å²) in [6.07, 6.45) is 0.371. The molecule has 1 heterocycles. The molecule has 3 rings (SSSR count). The minimum Gasteiger partial charge on any atom is -0.508 e. The van der Waals surface area contributed by atoms with Gasteiger partial charge in [-0.15, -0.1) is 0 Å². The fourth-order valence-corrected chi connectivity index (χ4v) is 2.86. The van der Waals surface area contributed by atoms with Crippen LogP contribution >= 0.6 is 37.2 Å². The van der Waals surface area contributed by atoms with E-state index in [2.05, 4.69) is 37.2 Å². The summed E-state index contributed by atoms with van der Waals surface area (Å²) in [5.74, 6) is -0.725. The number of carbonyl (C=O) groups is 2. The van der Waals surface area contributed by atoms with Crippen LogP contribution in [0.4, 0.5) is 0 Å². The van der Waals surface area contributed by atoms with Crippen molar-refractivity contribution < 1.29 is 34.8 Å². The third-order valence-corrected chi connectivity index (χ3v) is 4.25. The monoisotopic (exact) mass is 639 g/mol. The summed E-state index contributed by atoms with van der Waals surface area (Å²) >= 11 is 4.24. The van der Waals surface area contributed by atoms with Crippen LogP contribution in [-0.4, -0.2) is 40.8 Å². The zero-order valence-electron chi connectivity index (χ0n) is 16.4. The summed E-state index contributed by atoms with van der Waals surface area (Å²) < 4.78 is 4.98. The summed E-state index contributed by atoms with van der Waals surface area (Å²) in [5, 5.41) is 36.2. The number of hydrogen-bond donors (Lipinski definition) is 4. The molecule has 4 N–H and O–H groups in total. The molecule has 0 saturated heterocycles.